The van der Waals surface area contributed by atoms with Gasteiger partial charge in [-0.1, -0.05) is 210 Å². The SMILES string of the molecule is CC(C)NCCCCO.CC(C)NCCCO.CC(C)NCCO.CC(Cc1ccccc1)NCCO.CCC(C)NCCCO.CCC(C)NCCO.CCC(CC)NCCO.CCCC(C)NCCO.CCCCC(C)NCCO.CCCCCC(C)NCCO.OCCCNC1CCCCC1.OCCNC1CCCC1.OCCNC1CCCCC1. The van der Waals surface area contributed by atoms with Crippen molar-refractivity contribution in [3.63, 3.8) is 0 Å². The summed E-state index contributed by atoms with van der Waals surface area (Å²) in [6.45, 7) is 54.4. The van der Waals surface area contributed by atoms with Gasteiger partial charge in [0, 0.05) is 164 Å². The lowest BCUT2D eigenvalue weighted by molar-refractivity contribution is 0.271. The van der Waals surface area contributed by atoms with Crippen LogP contribution in [-0.2, 0) is 6.42 Å². The smallest absolute Gasteiger partial charge is 0.0556 e. The first-order chi connectivity index (χ1) is 59.3. The van der Waals surface area contributed by atoms with Crippen molar-refractivity contribution in [3.05, 3.63) is 35.9 Å². The molecule has 4 rings (SSSR count). The summed E-state index contributed by atoms with van der Waals surface area (Å²) in [5, 5.41) is 152. The summed E-state index contributed by atoms with van der Waals surface area (Å²) in [5.41, 5.74) is 1.33. The third-order valence-electron chi connectivity index (χ3n) is 20.1. The van der Waals surface area contributed by atoms with Crippen molar-refractivity contribution in [3.8, 4) is 0 Å². The van der Waals surface area contributed by atoms with Crippen LogP contribution in [0.1, 0.15) is 343 Å². The molecular formula is C97H219N13O13. The molecule has 3 aliphatic rings. The third-order valence-corrected chi connectivity index (χ3v) is 20.1. The lowest BCUT2D eigenvalue weighted by Crippen LogP contribution is -2.32. The fraction of sp³-hybridized carbons (Fsp3) is 0.938. The number of hydrogen-bond donors (Lipinski definition) is 26. The minimum Gasteiger partial charge on any atom is -0.396 e. The second-order valence-corrected chi connectivity index (χ2v) is 33.5. The van der Waals surface area contributed by atoms with Gasteiger partial charge >= 0.3 is 0 Å². The van der Waals surface area contributed by atoms with Crippen LogP contribution in [0.3, 0.4) is 0 Å². The van der Waals surface area contributed by atoms with Gasteiger partial charge < -0.3 is 136 Å². The van der Waals surface area contributed by atoms with Gasteiger partial charge in [0.05, 0.1) is 59.5 Å². The average molecular weight is 1780 g/mol. The van der Waals surface area contributed by atoms with Gasteiger partial charge in [0.2, 0.25) is 0 Å². The monoisotopic (exact) mass is 1770 g/mol. The van der Waals surface area contributed by atoms with E-state index in [0.717, 1.165) is 142 Å². The molecule has 750 valence electrons. The van der Waals surface area contributed by atoms with E-state index in [0.29, 0.717) is 112 Å². The molecule has 0 spiro atoms. The fourth-order valence-corrected chi connectivity index (χ4v) is 12.2. The first kappa shape index (κ1) is 139. The minimum atomic E-state index is 0.207. The predicted octanol–water partition coefficient (Wildman–Crippen LogP) is 10.3. The summed E-state index contributed by atoms with van der Waals surface area (Å²) in [6, 6.07) is 18.0. The molecular weight excluding hydrogens is 1560 g/mol. The second kappa shape index (κ2) is 124. The quantitative estimate of drug-likeness (QED) is 0.0269. The Morgan fingerprint density at radius 1 is 0.244 bits per heavy atom. The maximum absolute atomic E-state index is 8.62. The van der Waals surface area contributed by atoms with Gasteiger partial charge in [-0.25, -0.2) is 0 Å². The van der Waals surface area contributed by atoms with Crippen LogP contribution in [0.25, 0.3) is 0 Å². The van der Waals surface area contributed by atoms with Gasteiger partial charge in [-0.15, -0.1) is 0 Å². The average Bonchev–Trinajstić information content (AvgIpc) is 1.71. The van der Waals surface area contributed by atoms with Gasteiger partial charge in [-0.3, -0.25) is 0 Å². The van der Waals surface area contributed by atoms with Crippen molar-refractivity contribution >= 4 is 0 Å². The number of aliphatic hydroxyl groups is 13. The largest absolute Gasteiger partial charge is 0.396 e. The highest BCUT2D eigenvalue weighted by molar-refractivity contribution is 5.15. The fourth-order valence-electron chi connectivity index (χ4n) is 12.2. The molecule has 1 aromatic rings. The molecule has 0 aliphatic heterocycles. The van der Waals surface area contributed by atoms with Crippen molar-refractivity contribution in [1.29, 1.82) is 0 Å². The molecule has 26 nitrogen and oxygen atoms in total. The maximum Gasteiger partial charge on any atom is 0.0556 e. The van der Waals surface area contributed by atoms with Crippen LogP contribution in [0, 0.1) is 0 Å². The van der Waals surface area contributed by atoms with Crippen molar-refractivity contribution < 1.29 is 66.4 Å². The third kappa shape index (κ3) is 138. The first-order valence-corrected chi connectivity index (χ1v) is 49.8. The Balaban J connectivity index is -0.000000164. The van der Waals surface area contributed by atoms with Gasteiger partial charge in [0.25, 0.3) is 0 Å². The van der Waals surface area contributed by atoms with E-state index in [1.165, 1.54) is 153 Å². The van der Waals surface area contributed by atoms with Crippen LogP contribution in [0.4, 0.5) is 0 Å². The normalized spacial score (nSPS) is 14.5. The van der Waals surface area contributed by atoms with E-state index in [-0.39, 0.29) is 59.5 Å². The highest BCUT2D eigenvalue weighted by Gasteiger charge is 2.14. The molecule has 3 aliphatic carbocycles. The summed E-state index contributed by atoms with van der Waals surface area (Å²) in [7, 11) is 0. The lowest BCUT2D eigenvalue weighted by Gasteiger charge is -2.22. The Morgan fingerprint density at radius 2 is 0.537 bits per heavy atom. The molecule has 26 heteroatoms. The van der Waals surface area contributed by atoms with Crippen LogP contribution in [0.2, 0.25) is 0 Å². The van der Waals surface area contributed by atoms with E-state index >= 15 is 0 Å². The van der Waals surface area contributed by atoms with Crippen LogP contribution in [0.5, 0.6) is 0 Å². The molecule has 0 saturated heterocycles. The van der Waals surface area contributed by atoms with Gasteiger partial charge in [0.15, 0.2) is 0 Å². The first-order valence-electron chi connectivity index (χ1n) is 49.8. The van der Waals surface area contributed by atoms with Gasteiger partial charge in [-0.05, 0) is 195 Å². The molecule has 123 heavy (non-hydrogen) atoms. The van der Waals surface area contributed by atoms with Crippen molar-refractivity contribution in [2.24, 2.45) is 0 Å². The van der Waals surface area contributed by atoms with Crippen molar-refractivity contribution in [2.75, 3.05) is 171 Å². The lowest BCUT2D eigenvalue weighted by atomic mass is 9.95. The van der Waals surface area contributed by atoms with Gasteiger partial charge in [0.1, 0.15) is 0 Å². The summed E-state index contributed by atoms with van der Waals surface area (Å²) >= 11 is 0. The van der Waals surface area contributed by atoms with E-state index < -0.39 is 0 Å². The van der Waals surface area contributed by atoms with E-state index in [1.807, 2.05) is 18.2 Å². The molecule has 26 N–H and O–H groups in total. The summed E-state index contributed by atoms with van der Waals surface area (Å²) < 4.78 is 0. The molecule has 3 fully saturated rings. The number of nitrogens with one attached hydrogen (secondary N) is 13. The van der Waals surface area contributed by atoms with E-state index in [4.69, 9.17) is 66.4 Å². The molecule has 0 amide bonds. The molecule has 0 radical (unpaired) electrons. The van der Waals surface area contributed by atoms with E-state index in [1.54, 1.807) is 0 Å². The Labute approximate surface area is 760 Å². The zero-order valence-electron chi connectivity index (χ0n) is 83.9. The molecule has 6 unspecified atom stereocenters. The Morgan fingerprint density at radius 3 is 0.870 bits per heavy atom. The summed E-state index contributed by atoms with van der Waals surface area (Å²) in [6.07, 6.45) is 40.5. The standard InChI is InChI=1S/C11H17NO.C9H19NO.C9H21NO.C8H17NO.C8H19NO.C7H15NO.4C7H17NO.2C6H15NO.C5H13NO/c1-10(12-7-8-13)9-11-5-3-2-4-6-11;11-8-4-7-10-9-5-2-1-3-6-9;1-3-4-5-6-9(2)10-7-8-11;10-7-6-9-8-4-2-1-3-5-8;1-3-4-5-8(2)9-6-7-10;9-6-5-8-7-3-1-2-4-7;1-7(2)8-5-3-4-6-9;1-3-7(2)8-5-4-6-9;1-3-4-7(2)8-5-6-9;1-3-7(4-2)8-5-6-9;1-6(2)7-4-3-5-8;1-3-6(2)7-4-5-8;1-5(2)6-3-4-7/h2-6,10,12-13H,7-9H2,1H3;9-11H,1-8H2;9-11H,3-8H2,1-2H3;8-10H,1-7H2;8-10H,3-7H2,1-2H3;7-9H,1-6H2;4*7-9H,3-6H2,1-2H3;2*6-8H,3-5H2,1-2H3;5-7H,3-4H2,1-2H3. The summed E-state index contributed by atoms with van der Waals surface area (Å²) in [5.74, 6) is 0. The topological polar surface area (TPSA) is 419 Å². The molecule has 6 atom stereocenters. The maximum atomic E-state index is 8.62. The van der Waals surface area contributed by atoms with E-state index in [9.17, 15) is 0 Å². The van der Waals surface area contributed by atoms with Crippen LogP contribution in [-0.4, -0.2) is 316 Å². The molecule has 1 aromatic carbocycles. The number of rotatable bonds is 59. The van der Waals surface area contributed by atoms with Crippen LogP contribution < -0.4 is 69.1 Å². The minimum absolute atomic E-state index is 0.207. The molecule has 0 heterocycles. The van der Waals surface area contributed by atoms with Crippen LogP contribution in [0.15, 0.2) is 30.3 Å². The highest BCUT2D eigenvalue weighted by atomic mass is 16.3. The zero-order chi connectivity index (χ0) is 94.5. The Hall–Kier alpha value is -1.82. The van der Waals surface area contributed by atoms with Gasteiger partial charge in [-0.2, -0.15) is 0 Å². The number of hydrogen-bond acceptors (Lipinski definition) is 26. The molecule has 3 saturated carbocycles. The predicted molar refractivity (Wildman–Crippen MR) is 531 cm³/mol. The second-order valence-electron chi connectivity index (χ2n) is 33.5. The van der Waals surface area contributed by atoms with E-state index in [2.05, 4.69) is 213 Å². The highest BCUT2D eigenvalue weighted by Crippen LogP contribution is 2.19. The molecule has 0 aromatic heterocycles. The van der Waals surface area contributed by atoms with Crippen LogP contribution >= 0.6 is 0 Å². The number of benzene rings is 1. The zero-order valence-corrected chi connectivity index (χ0v) is 83.9. The number of unbranched alkanes of at least 4 members (excludes halogenated alkanes) is 4. The Kier molecular flexibility index (Phi) is 141. The van der Waals surface area contributed by atoms with Crippen molar-refractivity contribution in [2.45, 2.75) is 422 Å². The Bertz CT molecular complexity index is 1870. The summed E-state index contributed by atoms with van der Waals surface area (Å²) in [4.78, 5) is 0. The number of aliphatic hydroxyl groups excluding tert-OH is 13. The molecule has 0 bridgehead atoms. The van der Waals surface area contributed by atoms with Crippen molar-refractivity contribution in [1.82, 2.24) is 69.1 Å².